The molecule has 1 heterocycles. The molecule has 98 valence electrons. The zero-order valence-corrected chi connectivity index (χ0v) is 11.0. The molecule has 0 N–H and O–H groups in total. The second-order valence-electron chi connectivity index (χ2n) is 5.25. The Balaban J connectivity index is 2.35. The Labute approximate surface area is 107 Å². The van der Waals surface area contributed by atoms with Crippen molar-refractivity contribution in [2.75, 3.05) is 24.6 Å². The molecule has 0 saturated carbocycles. The lowest BCUT2D eigenvalue weighted by Crippen LogP contribution is -2.48. The summed E-state index contributed by atoms with van der Waals surface area (Å²) in [5.41, 5.74) is 0.980. The van der Waals surface area contributed by atoms with E-state index >= 15 is 0 Å². The van der Waals surface area contributed by atoms with Gasteiger partial charge in [0.05, 0.1) is 12.2 Å². The predicted molar refractivity (Wildman–Crippen MR) is 68.6 cm³/mol. The molecule has 2 rings (SSSR count). The zero-order chi connectivity index (χ0) is 13.3. The highest BCUT2D eigenvalue weighted by Gasteiger charge is 2.28. The maximum Gasteiger partial charge on any atom is 0.161 e. The highest BCUT2D eigenvalue weighted by atomic mass is 19.1. The number of nitrogens with zero attached hydrogens (tertiary/aromatic N) is 1. The molecule has 0 bridgehead atoms. The fourth-order valence-electron chi connectivity index (χ4n) is 2.29. The highest BCUT2D eigenvalue weighted by molar-refractivity contribution is 5.99. The first-order valence-electron chi connectivity index (χ1n) is 6.08. The smallest absolute Gasteiger partial charge is 0.161 e. The van der Waals surface area contributed by atoms with Crippen molar-refractivity contribution < 1.29 is 13.9 Å². The summed E-state index contributed by atoms with van der Waals surface area (Å²) in [6, 6.07) is 4.37. The maximum absolute atomic E-state index is 13.2. The number of ether oxygens (including phenoxy) is 1. The van der Waals surface area contributed by atoms with Gasteiger partial charge in [0.25, 0.3) is 0 Å². The lowest BCUT2D eigenvalue weighted by Gasteiger charge is -2.40. The summed E-state index contributed by atoms with van der Waals surface area (Å²) in [6.07, 6.45) is 0. The molecule has 0 aliphatic carbocycles. The summed E-state index contributed by atoms with van der Waals surface area (Å²) in [4.78, 5) is 13.7. The third-order valence-corrected chi connectivity index (χ3v) is 3.10. The number of halogens is 1. The lowest BCUT2D eigenvalue weighted by molar-refractivity contribution is -0.0277. The zero-order valence-electron chi connectivity index (χ0n) is 11.0. The minimum Gasteiger partial charge on any atom is -0.372 e. The SMILES string of the molecule is CC(=O)c1cc(F)ccc1N1CCOC(C)(C)C1. The van der Waals surface area contributed by atoms with Gasteiger partial charge in [-0.15, -0.1) is 0 Å². The van der Waals surface area contributed by atoms with E-state index < -0.39 is 0 Å². The lowest BCUT2D eigenvalue weighted by atomic mass is 10.0. The Morgan fingerprint density at radius 1 is 1.44 bits per heavy atom. The summed E-state index contributed by atoms with van der Waals surface area (Å²) in [7, 11) is 0. The van der Waals surface area contributed by atoms with Gasteiger partial charge in [-0.25, -0.2) is 4.39 Å². The van der Waals surface area contributed by atoms with Gasteiger partial charge in [-0.1, -0.05) is 0 Å². The molecule has 1 aliphatic rings. The average Bonchev–Trinajstić information content (AvgIpc) is 2.27. The number of rotatable bonds is 2. The van der Waals surface area contributed by atoms with E-state index in [1.54, 1.807) is 6.07 Å². The Morgan fingerprint density at radius 3 is 2.78 bits per heavy atom. The standard InChI is InChI=1S/C14H18FNO2/c1-10(17)12-8-11(15)4-5-13(12)16-6-7-18-14(2,3)9-16/h4-5,8H,6-7,9H2,1-3H3. The molecule has 1 aromatic rings. The van der Waals surface area contributed by atoms with Crippen LogP contribution in [0.2, 0.25) is 0 Å². The monoisotopic (exact) mass is 251 g/mol. The van der Waals surface area contributed by atoms with Crippen LogP contribution >= 0.6 is 0 Å². The van der Waals surface area contributed by atoms with Gasteiger partial charge in [-0.05, 0) is 39.0 Å². The van der Waals surface area contributed by atoms with Crippen molar-refractivity contribution in [3.8, 4) is 0 Å². The third-order valence-electron chi connectivity index (χ3n) is 3.10. The van der Waals surface area contributed by atoms with E-state index in [2.05, 4.69) is 4.90 Å². The number of carbonyl (C=O) groups is 1. The summed E-state index contributed by atoms with van der Waals surface area (Å²) in [5, 5.41) is 0. The van der Waals surface area contributed by atoms with Crippen LogP contribution in [0.3, 0.4) is 0 Å². The first-order valence-corrected chi connectivity index (χ1v) is 6.08. The van der Waals surface area contributed by atoms with Crippen molar-refractivity contribution in [3.05, 3.63) is 29.6 Å². The molecule has 0 amide bonds. The maximum atomic E-state index is 13.2. The number of benzene rings is 1. The number of ketones is 1. The molecule has 18 heavy (non-hydrogen) atoms. The van der Waals surface area contributed by atoms with E-state index in [0.29, 0.717) is 18.7 Å². The molecule has 3 nitrogen and oxygen atoms in total. The van der Waals surface area contributed by atoms with Crippen LogP contribution in [0.5, 0.6) is 0 Å². The van der Waals surface area contributed by atoms with Gasteiger partial charge in [0.15, 0.2) is 5.78 Å². The number of anilines is 1. The summed E-state index contributed by atoms with van der Waals surface area (Å²) in [5.74, 6) is -0.495. The second kappa shape index (κ2) is 4.69. The first-order chi connectivity index (χ1) is 8.39. The molecule has 0 spiro atoms. The van der Waals surface area contributed by atoms with Crippen LogP contribution in [0, 0.1) is 5.82 Å². The van der Waals surface area contributed by atoms with Crippen molar-refractivity contribution in [1.82, 2.24) is 0 Å². The van der Waals surface area contributed by atoms with Crippen molar-refractivity contribution in [2.45, 2.75) is 26.4 Å². The Kier molecular flexibility index (Phi) is 3.39. The molecule has 0 unspecified atom stereocenters. The van der Waals surface area contributed by atoms with E-state index in [0.717, 1.165) is 12.2 Å². The van der Waals surface area contributed by atoms with Gasteiger partial charge in [-0.2, -0.15) is 0 Å². The number of morpholine rings is 1. The van der Waals surface area contributed by atoms with Crippen LogP contribution in [0.4, 0.5) is 10.1 Å². The van der Waals surface area contributed by atoms with E-state index in [1.165, 1.54) is 19.1 Å². The second-order valence-corrected chi connectivity index (χ2v) is 5.25. The minimum absolute atomic E-state index is 0.117. The molecule has 1 aliphatic heterocycles. The fraction of sp³-hybridized carbons (Fsp3) is 0.500. The van der Waals surface area contributed by atoms with Gasteiger partial charge in [0, 0.05) is 24.3 Å². The number of hydrogen-bond acceptors (Lipinski definition) is 3. The molecular formula is C14H18FNO2. The predicted octanol–water partition coefficient (Wildman–Crippen LogP) is 2.64. The van der Waals surface area contributed by atoms with Crippen molar-refractivity contribution in [2.24, 2.45) is 0 Å². The average molecular weight is 251 g/mol. The fourth-order valence-corrected chi connectivity index (χ4v) is 2.29. The highest BCUT2D eigenvalue weighted by Crippen LogP contribution is 2.27. The number of carbonyl (C=O) groups excluding carboxylic acids is 1. The Bertz CT molecular complexity index is 471. The van der Waals surface area contributed by atoms with E-state index in [9.17, 15) is 9.18 Å². The van der Waals surface area contributed by atoms with Crippen LogP contribution < -0.4 is 4.90 Å². The molecule has 0 aromatic heterocycles. The first kappa shape index (κ1) is 13.0. The molecular weight excluding hydrogens is 233 g/mol. The molecule has 0 atom stereocenters. The minimum atomic E-state index is -0.378. The van der Waals surface area contributed by atoms with Crippen LogP contribution in [-0.2, 0) is 4.74 Å². The quantitative estimate of drug-likeness (QED) is 0.757. The van der Waals surface area contributed by atoms with Gasteiger partial charge < -0.3 is 9.64 Å². The largest absolute Gasteiger partial charge is 0.372 e. The van der Waals surface area contributed by atoms with Crippen LogP contribution in [0.15, 0.2) is 18.2 Å². The van der Waals surface area contributed by atoms with Crippen molar-refractivity contribution >= 4 is 11.5 Å². The summed E-state index contributed by atoms with van der Waals surface area (Å²) >= 11 is 0. The molecule has 0 radical (unpaired) electrons. The Morgan fingerprint density at radius 2 is 2.17 bits per heavy atom. The summed E-state index contributed by atoms with van der Waals surface area (Å²) in [6.45, 7) is 7.51. The molecule has 1 fully saturated rings. The van der Waals surface area contributed by atoms with E-state index in [4.69, 9.17) is 4.74 Å². The third kappa shape index (κ3) is 2.70. The van der Waals surface area contributed by atoms with Crippen molar-refractivity contribution in [3.63, 3.8) is 0 Å². The molecule has 1 aromatic carbocycles. The van der Waals surface area contributed by atoms with E-state index in [1.807, 2.05) is 13.8 Å². The number of hydrogen-bond donors (Lipinski definition) is 0. The van der Waals surface area contributed by atoms with Gasteiger partial charge in [0.2, 0.25) is 0 Å². The van der Waals surface area contributed by atoms with Crippen LogP contribution in [-0.4, -0.2) is 31.1 Å². The normalized spacial score (nSPS) is 18.8. The van der Waals surface area contributed by atoms with Crippen molar-refractivity contribution in [1.29, 1.82) is 0 Å². The molecule has 4 heteroatoms. The Hall–Kier alpha value is -1.42. The molecule has 1 saturated heterocycles. The van der Waals surface area contributed by atoms with Gasteiger partial charge in [0.1, 0.15) is 5.82 Å². The van der Waals surface area contributed by atoms with E-state index in [-0.39, 0.29) is 17.2 Å². The summed E-state index contributed by atoms with van der Waals surface area (Å²) < 4.78 is 18.9. The topological polar surface area (TPSA) is 29.5 Å². The van der Waals surface area contributed by atoms with Crippen LogP contribution in [0.1, 0.15) is 31.1 Å². The van der Waals surface area contributed by atoms with Gasteiger partial charge >= 0.3 is 0 Å². The number of Topliss-reactive ketones (excluding diaryl/α,β-unsaturated/α-hetero) is 1. The van der Waals surface area contributed by atoms with Gasteiger partial charge in [-0.3, -0.25) is 4.79 Å². The van der Waals surface area contributed by atoms with Crippen LogP contribution in [0.25, 0.3) is 0 Å².